The molecule has 1 aromatic carbocycles. The van der Waals surface area contributed by atoms with E-state index in [0.29, 0.717) is 0 Å². The molecule has 2 rings (SSSR count). The summed E-state index contributed by atoms with van der Waals surface area (Å²) in [5.74, 6) is -2.25. The van der Waals surface area contributed by atoms with Crippen molar-refractivity contribution in [3.8, 4) is 0 Å². The molecule has 90 valence electrons. The lowest BCUT2D eigenvalue weighted by atomic mass is 10.00. The molecule has 2 amide bonds. The van der Waals surface area contributed by atoms with Gasteiger partial charge in [-0.15, -0.1) is 0 Å². The zero-order valence-corrected chi connectivity index (χ0v) is 10.2. The molecule has 0 unspecified atom stereocenters. The Kier molecular flexibility index (Phi) is 2.91. The van der Waals surface area contributed by atoms with Gasteiger partial charge in [-0.05, 0) is 18.2 Å². The average molecular weight is 256 g/mol. The van der Waals surface area contributed by atoms with Crippen molar-refractivity contribution in [2.45, 2.75) is 13.8 Å². The Hall–Kier alpha value is -1.42. The van der Waals surface area contributed by atoms with Gasteiger partial charge in [0, 0.05) is 16.9 Å². The summed E-state index contributed by atoms with van der Waals surface area (Å²) in [4.78, 5) is 24.6. The summed E-state index contributed by atoms with van der Waals surface area (Å²) in [6, 6.07) is 3.89. The second kappa shape index (κ2) is 4.11. The number of carbonyl (C=O) groups is 2. The highest BCUT2D eigenvalue weighted by Crippen LogP contribution is 2.32. The molecule has 1 aliphatic heterocycles. The summed E-state index contributed by atoms with van der Waals surface area (Å²) in [6.07, 6.45) is 0. The van der Waals surface area contributed by atoms with Crippen molar-refractivity contribution < 1.29 is 14.0 Å². The number of benzene rings is 1. The minimum atomic E-state index is -0.666. The number of nitrogens with zero attached hydrogens (tertiary/aromatic N) is 1. The van der Waals surface area contributed by atoms with Crippen LogP contribution in [0.3, 0.4) is 0 Å². The number of hydrogen-bond acceptors (Lipinski definition) is 2. The minimum Gasteiger partial charge on any atom is -0.274 e. The van der Waals surface area contributed by atoms with Crippen LogP contribution < -0.4 is 4.90 Å². The topological polar surface area (TPSA) is 37.4 Å². The lowest BCUT2D eigenvalue weighted by Crippen LogP contribution is -2.31. The number of imide groups is 1. The number of rotatable bonds is 1. The van der Waals surface area contributed by atoms with Crippen LogP contribution in [-0.2, 0) is 9.59 Å². The molecule has 1 saturated heterocycles. The second-order valence-corrected chi connectivity index (χ2v) is 4.62. The number of carbonyl (C=O) groups excluding carboxylic acids is 2. The molecule has 1 aromatic rings. The predicted octanol–water partition coefficient (Wildman–Crippen LogP) is 2.62. The summed E-state index contributed by atoms with van der Waals surface area (Å²) >= 11 is 5.63. The van der Waals surface area contributed by atoms with Crippen molar-refractivity contribution >= 4 is 29.1 Å². The largest absolute Gasteiger partial charge is 0.274 e. The first kappa shape index (κ1) is 12.0. The normalized spacial score (nSPS) is 24.6. The summed E-state index contributed by atoms with van der Waals surface area (Å²) in [5.41, 5.74) is -0.0272. The Morgan fingerprint density at radius 1 is 1.18 bits per heavy atom. The smallest absolute Gasteiger partial charge is 0.237 e. The van der Waals surface area contributed by atoms with Gasteiger partial charge >= 0.3 is 0 Å². The van der Waals surface area contributed by atoms with Crippen molar-refractivity contribution in [3.63, 3.8) is 0 Å². The molecule has 0 radical (unpaired) electrons. The maximum atomic E-state index is 13.7. The third kappa shape index (κ3) is 1.82. The van der Waals surface area contributed by atoms with Gasteiger partial charge in [0.05, 0.1) is 5.69 Å². The SMILES string of the molecule is C[C@@H]1C(=O)N(c2ccc(Cl)cc2F)C(=O)[C@@H]1C. The summed E-state index contributed by atoms with van der Waals surface area (Å²) in [7, 11) is 0. The molecule has 17 heavy (non-hydrogen) atoms. The molecule has 5 heteroatoms. The van der Waals surface area contributed by atoms with Gasteiger partial charge in [-0.1, -0.05) is 25.4 Å². The van der Waals surface area contributed by atoms with Crippen LogP contribution in [0.5, 0.6) is 0 Å². The molecule has 3 nitrogen and oxygen atoms in total. The summed E-state index contributed by atoms with van der Waals surface area (Å²) in [6.45, 7) is 3.33. The Morgan fingerprint density at radius 2 is 1.71 bits per heavy atom. The monoisotopic (exact) mass is 255 g/mol. The quantitative estimate of drug-likeness (QED) is 0.724. The van der Waals surface area contributed by atoms with Gasteiger partial charge in [0.2, 0.25) is 11.8 Å². The highest BCUT2D eigenvalue weighted by molar-refractivity contribution is 6.30. The number of halogens is 2. The molecule has 2 atom stereocenters. The fraction of sp³-hybridized carbons (Fsp3) is 0.333. The molecular formula is C12H11ClFNO2. The summed E-state index contributed by atoms with van der Waals surface area (Å²) < 4.78 is 13.7. The maximum absolute atomic E-state index is 13.7. The Labute approximate surface area is 103 Å². The van der Waals surface area contributed by atoms with Crippen LogP contribution in [0.1, 0.15) is 13.8 Å². The van der Waals surface area contributed by atoms with E-state index in [-0.39, 0.29) is 22.5 Å². The van der Waals surface area contributed by atoms with Crippen LogP contribution in [0.2, 0.25) is 5.02 Å². The Morgan fingerprint density at radius 3 is 2.18 bits per heavy atom. The van der Waals surface area contributed by atoms with Gasteiger partial charge in [-0.2, -0.15) is 0 Å². The van der Waals surface area contributed by atoms with Crippen molar-refractivity contribution in [2.75, 3.05) is 4.90 Å². The number of hydrogen-bond donors (Lipinski definition) is 0. The third-order valence-corrected chi connectivity index (χ3v) is 3.36. The van der Waals surface area contributed by atoms with E-state index in [1.807, 2.05) is 0 Å². The minimum absolute atomic E-state index is 0.0272. The van der Waals surface area contributed by atoms with E-state index >= 15 is 0 Å². The third-order valence-electron chi connectivity index (χ3n) is 3.12. The van der Waals surface area contributed by atoms with Crippen LogP contribution in [0.15, 0.2) is 18.2 Å². The molecule has 0 aliphatic carbocycles. The van der Waals surface area contributed by atoms with Crippen molar-refractivity contribution in [1.29, 1.82) is 0 Å². The van der Waals surface area contributed by atoms with E-state index in [1.165, 1.54) is 12.1 Å². The highest BCUT2D eigenvalue weighted by Gasteiger charge is 2.43. The predicted molar refractivity (Wildman–Crippen MR) is 62.2 cm³/mol. The van der Waals surface area contributed by atoms with E-state index < -0.39 is 17.7 Å². The Balaban J connectivity index is 2.47. The number of amides is 2. The average Bonchev–Trinajstić information content (AvgIpc) is 2.45. The van der Waals surface area contributed by atoms with Crippen LogP contribution >= 0.6 is 11.6 Å². The molecule has 0 bridgehead atoms. The molecule has 0 spiro atoms. The van der Waals surface area contributed by atoms with Gasteiger partial charge in [-0.3, -0.25) is 9.59 Å². The van der Waals surface area contributed by atoms with Crippen LogP contribution in [0, 0.1) is 17.7 Å². The van der Waals surface area contributed by atoms with Gasteiger partial charge < -0.3 is 0 Å². The highest BCUT2D eigenvalue weighted by atomic mass is 35.5. The van der Waals surface area contributed by atoms with Crippen LogP contribution in [0.25, 0.3) is 0 Å². The number of anilines is 1. The van der Waals surface area contributed by atoms with Crippen molar-refractivity contribution in [3.05, 3.63) is 29.0 Å². The first-order valence-electron chi connectivity index (χ1n) is 5.26. The van der Waals surface area contributed by atoms with Crippen LogP contribution in [0.4, 0.5) is 10.1 Å². The van der Waals surface area contributed by atoms with Gasteiger partial charge in [0.1, 0.15) is 5.82 Å². The molecule has 1 fully saturated rings. The maximum Gasteiger partial charge on any atom is 0.237 e. The molecule has 0 saturated carbocycles. The fourth-order valence-corrected chi connectivity index (χ4v) is 2.00. The molecule has 1 aliphatic rings. The molecular weight excluding hydrogens is 245 g/mol. The van der Waals surface area contributed by atoms with Crippen molar-refractivity contribution in [2.24, 2.45) is 11.8 Å². The zero-order valence-electron chi connectivity index (χ0n) is 9.41. The van der Waals surface area contributed by atoms with Crippen LogP contribution in [-0.4, -0.2) is 11.8 Å². The summed E-state index contributed by atoms with van der Waals surface area (Å²) in [5, 5.41) is 0.228. The van der Waals surface area contributed by atoms with E-state index in [9.17, 15) is 14.0 Å². The molecule has 0 N–H and O–H groups in total. The Bertz CT molecular complexity index is 483. The fourth-order valence-electron chi connectivity index (χ4n) is 1.84. The molecule has 1 heterocycles. The first-order valence-corrected chi connectivity index (χ1v) is 5.64. The standard InChI is InChI=1S/C12H11ClFNO2/c1-6-7(2)12(17)15(11(6)16)10-4-3-8(13)5-9(10)14/h3-7H,1-2H3/t6-,7+. The second-order valence-electron chi connectivity index (χ2n) is 4.18. The van der Waals surface area contributed by atoms with Gasteiger partial charge in [0.15, 0.2) is 0 Å². The van der Waals surface area contributed by atoms with E-state index in [2.05, 4.69) is 0 Å². The van der Waals surface area contributed by atoms with E-state index in [4.69, 9.17) is 11.6 Å². The van der Waals surface area contributed by atoms with Crippen molar-refractivity contribution in [1.82, 2.24) is 0 Å². The van der Waals surface area contributed by atoms with Gasteiger partial charge in [0.25, 0.3) is 0 Å². The van der Waals surface area contributed by atoms with E-state index in [1.54, 1.807) is 13.8 Å². The first-order chi connectivity index (χ1) is 7.93. The lowest BCUT2D eigenvalue weighted by Gasteiger charge is -2.15. The molecule has 0 aromatic heterocycles. The van der Waals surface area contributed by atoms with E-state index in [0.717, 1.165) is 11.0 Å². The van der Waals surface area contributed by atoms with Gasteiger partial charge in [-0.25, -0.2) is 9.29 Å². The lowest BCUT2D eigenvalue weighted by molar-refractivity contribution is -0.122. The zero-order chi connectivity index (χ0) is 12.7.